The Balaban J connectivity index is 1.76. The van der Waals surface area contributed by atoms with Crippen molar-refractivity contribution in [1.29, 1.82) is 0 Å². The Bertz CT molecular complexity index is 421. The molecule has 2 aromatic rings. The monoisotopic (exact) mass is 236 g/mol. The number of hydrogen-bond acceptors (Lipinski definition) is 4. The van der Waals surface area contributed by atoms with E-state index in [0.717, 1.165) is 23.7 Å². The smallest absolute Gasteiger partial charge is 0.0897 e. The van der Waals surface area contributed by atoms with Gasteiger partial charge in [0, 0.05) is 30.6 Å². The van der Waals surface area contributed by atoms with Crippen molar-refractivity contribution in [2.75, 3.05) is 6.54 Å². The van der Waals surface area contributed by atoms with Gasteiger partial charge in [0.2, 0.25) is 0 Å². The first-order valence-electron chi connectivity index (χ1n) is 5.39. The maximum absolute atomic E-state index is 4.43. The Hall–Kier alpha value is -1.20. The fourth-order valence-corrected chi connectivity index (χ4v) is 2.20. The molecule has 0 spiro atoms. The van der Waals surface area contributed by atoms with Crippen LogP contribution >= 0.6 is 11.3 Å². The number of nitrogens with one attached hydrogen (secondary N) is 2. The maximum Gasteiger partial charge on any atom is 0.0897 e. The number of hydrogen-bond donors (Lipinski definition) is 2. The molecule has 0 amide bonds. The Morgan fingerprint density at radius 2 is 2.44 bits per heavy atom. The van der Waals surface area contributed by atoms with Crippen LogP contribution in [0.3, 0.4) is 0 Å². The summed E-state index contributed by atoms with van der Waals surface area (Å²) in [6, 6.07) is 2.30. The van der Waals surface area contributed by atoms with Crippen molar-refractivity contribution < 1.29 is 0 Å². The lowest BCUT2D eigenvalue weighted by atomic mass is 10.2. The summed E-state index contributed by atoms with van der Waals surface area (Å²) < 4.78 is 0. The van der Waals surface area contributed by atoms with E-state index >= 15 is 0 Å². The van der Waals surface area contributed by atoms with E-state index in [9.17, 15) is 0 Å². The summed E-state index contributed by atoms with van der Waals surface area (Å²) in [6.07, 6.45) is 2.75. The minimum atomic E-state index is 0.308. The van der Waals surface area contributed by atoms with Gasteiger partial charge in [-0.1, -0.05) is 0 Å². The Labute approximate surface area is 99.1 Å². The lowest BCUT2D eigenvalue weighted by Gasteiger charge is -2.10. The van der Waals surface area contributed by atoms with Crippen molar-refractivity contribution in [3.05, 3.63) is 34.0 Å². The molecule has 2 rings (SSSR count). The van der Waals surface area contributed by atoms with E-state index in [4.69, 9.17) is 0 Å². The third kappa shape index (κ3) is 2.90. The number of aryl methyl sites for hydroxylation is 1. The minimum absolute atomic E-state index is 0.308. The van der Waals surface area contributed by atoms with Crippen LogP contribution in [0.4, 0.5) is 0 Å². The molecule has 5 heteroatoms. The van der Waals surface area contributed by atoms with Crippen LogP contribution in [0.15, 0.2) is 17.6 Å². The normalized spacial score (nSPS) is 12.9. The van der Waals surface area contributed by atoms with Gasteiger partial charge in [-0.3, -0.25) is 5.10 Å². The molecule has 2 heterocycles. The lowest BCUT2D eigenvalue weighted by molar-refractivity contribution is 0.560. The Morgan fingerprint density at radius 1 is 1.56 bits per heavy atom. The van der Waals surface area contributed by atoms with Crippen LogP contribution in [0.1, 0.15) is 29.4 Å². The van der Waals surface area contributed by atoms with E-state index in [-0.39, 0.29) is 0 Å². The largest absolute Gasteiger partial charge is 0.308 e. The predicted molar refractivity (Wildman–Crippen MR) is 65.6 cm³/mol. The van der Waals surface area contributed by atoms with E-state index in [1.165, 1.54) is 5.69 Å². The van der Waals surface area contributed by atoms with Gasteiger partial charge in [-0.2, -0.15) is 5.10 Å². The summed E-state index contributed by atoms with van der Waals surface area (Å²) in [7, 11) is 0. The molecule has 0 aliphatic carbocycles. The molecule has 0 radical (unpaired) electrons. The van der Waals surface area contributed by atoms with Crippen LogP contribution in [0.25, 0.3) is 0 Å². The molecule has 16 heavy (non-hydrogen) atoms. The highest BCUT2D eigenvalue weighted by Gasteiger charge is 2.05. The van der Waals surface area contributed by atoms with Crippen molar-refractivity contribution in [1.82, 2.24) is 20.5 Å². The zero-order valence-corrected chi connectivity index (χ0v) is 10.3. The molecule has 1 atom stereocenters. The zero-order valence-electron chi connectivity index (χ0n) is 9.53. The van der Waals surface area contributed by atoms with Crippen molar-refractivity contribution in [3.63, 3.8) is 0 Å². The summed E-state index contributed by atoms with van der Waals surface area (Å²) in [6.45, 7) is 5.10. The number of nitrogens with zero attached hydrogens (tertiary/aromatic N) is 2. The van der Waals surface area contributed by atoms with Crippen LogP contribution in [-0.2, 0) is 6.42 Å². The fraction of sp³-hybridized carbons (Fsp3) is 0.455. The second-order valence-corrected chi connectivity index (χ2v) is 4.86. The highest BCUT2D eigenvalue weighted by molar-refractivity contribution is 7.09. The molecular weight excluding hydrogens is 220 g/mol. The summed E-state index contributed by atoms with van der Waals surface area (Å²) in [5.41, 5.74) is 2.29. The third-order valence-electron chi connectivity index (χ3n) is 2.49. The molecule has 0 aliphatic rings. The molecule has 86 valence electrons. The van der Waals surface area contributed by atoms with Gasteiger partial charge in [-0.05, 0) is 19.9 Å². The minimum Gasteiger partial charge on any atom is -0.308 e. The van der Waals surface area contributed by atoms with Crippen molar-refractivity contribution >= 4 is 11.3 Å². The fourth-order valence-electron chi connectivity index (χ4n) is 1.56. The summed E-state index contributed by atoms with van der Waals surface area (Å²) >= 11 is 1.71. The summed E-state index contributed by atoms with van der Waals surface area (Å²) in [4.78, 5) is 4.43. The molecule has 0 fully saturated rings. The molecule has 2 aromatic heterocycles. The van der Waals surface area contributed by atoms with Crippen molar-refractivity contribution in [2.45, 2.75) is 26.3 Å². The number of H-pyrrole nitrogens is 1. The van der Waals surface area contributed by atoms with E-state index in [1.54, 1.807) is 17.5 Å². The van der Waals surface area contributed by atoms with Gasteiger partial charge >= 0.3 is 0 Å². The first-order valence-corrected chi connectivity index (χ1v) is 6.27. The van der Waals surface area contributed by atoms with E-state index in [2.05, 4.69) is 32.8 Å². The van der Waals surface area contributed by atoms with Crippen LogP contribution in [0.2, 0.25) is 0 Å². The first-order chi connectivity index (χ1) is 7.75. The van der Waals surface area contributed by atoms with Gasteiger partial charge in [0.1, 0.15) is 0 Å². The molecular formula is C11H16N4S. The van der Waals surface area contributed by atoms with Gasteiger partial charge in [0.05, 0.1) is 16.4 Å². The molecule has 0 saturated heterocycles. The summed E-state index contributed by atoms with van der Waals surface area (Å²) in [5.74, 6) is 0. The lowest BCUT2D eigenvalue weighted by Crippen LogP contribution is -2.21. The van der Waals surface area contributed by atoms with Crippen LogP contribution in [-0.4, -0.2) is 21.7 Å². The number of rotatable bonds is 5. The average Bonchev–Trinajstić information content (AvgIpc) is 2.89. The third-order valence-corrected chi connectivity index (χ3v) is 3.31. The number of aromatic amines is 1. The summed E-state index contributed by atoms with van der Waals surface area (Å²) in [5, 5.41) is 13.6. The maximum atomic E-state index is 4.43. The van der Waals surface area contributed by atoms with Crippen molar-refractivity contribution in [2.24, 2.45) is 0 Å². The topological polar surface area (TPSA) is 53.6 Å². The Morgan fingerprint density at radius 3 is 3.06 bits per heavy atom. The quantitative estimate of drug-likeness (QED) is 0.835. The molecule has 1 unspecified atom stereocenters. The Kier molecular flexibility index (Phi) is 3.69. The highest BCUT2D eigenvalue weighted by atomic mass is 32.1. The SMILES string of the molecule is Cc1nc(CCNC(C)c2ccn[nH]2)cs1. The highest BCUT2D eigenvalue weighted by Crippen LogP contribution is 2.10. The zero-order chi connectivity index (χ0) is 11.4. The van der Waals surface area contributed by atoms with Gasteiger partial charge in [0.15, 0.2) is 0 Å². The molecule has 0 aliphatic heterocycles. The molecule has 2 N–H and O–H groups in total. The van der Waals surface area contributed by atoms with E-state index in [0.29, 0.717) is 6.04 Å². The molecule has 0 saturated carbocycles. The number of thiazole rings is 1. The standard InChI is InChI=1S/C11H16N4S/c1-8(11-4-6-13-15-11)12-5-3-10-7-16-9(2)14-10/h4,6-8,12H,3,5H2,1-2H3,(H,13,15). The van der Waals surface area contributed by atoms with E-state index < -0.39 is 0 Å². The predicted octanol–water partition coefficient (Wildman–Crippen LogP) is 2.07. The van der Waals surface area contributed by atoms with Crippen LogP contribution < -0.4 is 5.32 Å². The second kappa shape index (κ2) is 5.23. The average molecular weight is 236 g/mol. The second-order valence-electron chi connectivity index (χ2n) is 3.80. The van der Waals surface area contributed by atoms with Gasteiger partial charge < -0.3 is 5.32 Å². The van der Waals surface area contributed by atoms with Gasteiger partial charge in [-0.25, -0.2) is 4.98 Å². The molecule has 0 bridgehead atoms. The molecule has 4 nitrogen and oxygen atoms in total. The van der Waals surface area contributed by atoms with Crippen LogP contribution in [0, 0.1) is 6.92 Å². The molecule has 0 aromatic carbocycles. The number of aromatic nitrogens is 3. The van der Waals surface area contributed by atoms with Gasteiger partial charge in [0.25, 0.3) is 0 Å². The van der Waals surface area contributed by atoms with E-state index in [1.807, 2.05) is 13.0 Å². The van der Waals surface area contributed by atoms with Gasteiger partial charge in [-0.15, -0.1) is 11.3 Å². The van der Waals surface area contributed by atoms with Crippen LogP contribution in [0.5, 0.6) is 0 Å². The van der Waals surface area contributed by atoms with Crippen molar-refractivity contribution in [3.8, 4) is 0 Å². The first kappa shape index (κ1) is 11.3.